The highest BCUT2D eigenvalue weighted by Crippen LogP contribution is 2.34. The summed E-state index contributed by atoms with van der Waals surface area (Å²) < 4.78 is 20.0. The van der Waals surface area contributed by atoms with Crippen molar-refractivity contribution < 1.29 is 13.9 Å². The molecule has 0 saturated heterocycles. The van der Waals surface area contributed by atoms with Gasteiger partial charge in [0.2, 0.25) is 5.88 Å². The van der Waals surface area contributed by atoms with E-state index in [0.29, 0.717) is 35.0 Å². The van der Waals surface area contributed by atoms with Crippen LogP contribution in [0.4, 0.5) is 4.39 Å². The number of benzene rings is 2. The van der Waals surface area contributed by atoms with Gasteiger partial charge in [-0.2, -0.15) is 10.1 Å². The minimum absolute atomic E-state index is 0.130. The number of carbonyl (C=O) groups excluding carboxylic acids is 1. The highest BCUT2D eigenvalue weighted by molar-refractivity contribution is 9.10. The lowest BCUT2D eigenvalue weighted by Crippen LogP contribution is -2.25. The van der Waals surface area contributed by atoms with E-state index in [9.17, 15) is 9.18 Å². The lowest BCUT2D eigenvalue weighted by atomic mass is 9.98. The van der Waals surface area contributed by atoms with Crippen LogP contribution in [0.15, 0.2) is 106 Å². The van der Waals surface area contributed by atoms with Crippen molar-refractivity contribution in [3.63, 3.8) is 0 Å². The molecule has 2 aromatic rings. The fourth-order valence-electron chi connectivity index (χ4n) is 3.39. The van der Waals surface area contributed by atoms with Crippen LogP contribution in [0.5, 0.6) is 0 Å². The number of halogens is 2. The number of ketones is 1. The van der Waals surface area contributed by atoms with Crippen LogP contribution in [0, 0.1) is 5.82 Å². The summed E-state index contributed by atoms with van der Waals surface area (Å²) in [6.07, 6.45) is 5.75. The molecule has 0 radical (unpaired) electrons. The molecule has 2 aliphatic rings. The molecule has 6 heteroatoms. The van der Waals surface area contributed by atoms with Crippen molar-refractivity contribution in [2.45, 2.75) is 13.3 Å². The molecule has 0 fully saturated rings. The highest BCUT2D eigenvalue weighted by atomic mass is 79.9. The number of ether oxygens (including phenoxy) is 1. The lowest BCUT2D eigenvalue weighted by molar-refractivity contribution is 0.103. The maximum atomic E-state index is 13.4. The SMILES string of the molecule is C=C(CC1=NN2C(=C=C1)C(c1ccc(F)cc1)=CC=C2OCC)C(=O)c1ccc(Br)cc1. The van der Waals surface area contributed by atoms with Gasteiger partial charge in [-0.05, 0) is 60.5 Å². The van der Waals surface area contributed by atoms with E-state index in [1.54, 1.807) is 35.4 Å². The first-order chi connectivity index (χ1) is 15.5. The molecular formula is C26H20BrFN2O2. The quantitative estimate of drug-likeness (QED) is 0.256. The van der Waals surface area contributed by atoms with E-state index in [2.05, 4.69) is 28.2 Å². The number of nitrogens with zero attached hydrogens (tertiary/aromatic N) is 2. The number of hydrazone groups is 1. The summed E-state index contributed by atoms with van der Waals surface area (Å²) in [4.78, 5) is 12.7. The van der Waals surface area contributed by atoms with Crippen molar-refractivity contribution in [3.8, 4) is 0 Å². The van der Waals surface area contributed by atoms with E-state index in [4.69, 9.17) is 9.84 Å². The molecule has 4 nitrogen and oxygen atoms in total. The van der Waals surface area contributed by atoms with E-state index in [1.165, 1.54) is 12.1 Å². The predicted octanol–water partition coefficient (Wildman–Crippen LogP) is 6.40. The summed E-state index contributed by atoms with van der Waals surface area (Å²) in [6, 6.07) is 13.4. The van der Waals surface area contributed by atoms with Gasteiger partial charge in [-0.25, -0.2) is 4.39 Å². The molecule has 4 rings (SSSR count). The Bertz CT molecular complexity index is 1230. The highest BCUT2D eigenvalue weighted by Gasteiger charge is 2.26. The normalized spacial score (nSPS) is 14.7. The van der Waals surface area contributed by atoms with E-state index in [-0.39, 0.29) is 18.0 Å². The zero-order valence-electron chi connectivity index (χ0n) is 17.4. The molecule has 0 unspecified atom stereocenters. The van der Waals surface area contributed by atoms with E-state index in [0.717, 1.165) is 15.6 Å². The van der Waals surface area contributed by atoms with Crippen molar-refractivity contribution >= 4 is 33.0 Å². The molecule has 0 aromatic heterocycles. The van der Waals surface area contributed by atoms with Crippen molar-refractivity contribution in [1.29, 1.82) is 0 Å². The third kappa shape index (κ3) is 4.57. The maximum Gasteiger partial charge on any atom is 0.215 e. The summed E-state index contributed by atoms with van der Waals surface area (Å²) in [6.45, 7) is 6.34. The Labute approximate surface area is 194 Å². The molecule has 0 spiro atoms. The Kier molecular flexibility index (Phi) is 6.35. The smallest absolute Gasteiger partial charge is 0.215 e. The molecule has 0 N–H and O–H groups in total. The first-order valence-electron chi connectivity index (χ1n) is 10.1. The summed E-state index contributed by atoms with van der Waals surface area (Å²) in [5.74, 6) is 0.126. The molecule has 2 heterocycles. The molecule has 0 amide bonds. The predicted molar refractivity (Wildman–Crippen MR) is 127 cm³/mol. The second-order valence-corrected chi connectivity index (χ2v) is 8.10. The van der Waals surface area contributed by atoms with Crippen LogP contribution in [-0.2, 0) is 4.74 Å². The van der Waals surface area contributed by atoms with Gasteiger partial charge < -0.3 is 4.74 Å². The summed E-state index contributed by atoms with van der Waals surface area (Å²) in [5.41, 5.74) is 7.27. The minimum atomic E-state index is -0.296. The number of carbonyl (C=O) groups is 1. The third-order valence-electron chi connectivity index (χ3n) is 4.94. The second-order valence-electron chi connectivity index (χ2n) is 7.18. The van der Waals surface area contributed by atoms with Crippen LogP contribution in [0.3, 0.4) is 0 Å². The molecule has 0 aliphatic carbocycles. The average Bonchev–Trinajstić information content (AvgIpc) is 2.80. The molecule has 2 aliphatic heterocycles. The Hall–Kier alpha value is -3.47. The standard InChI is InChI=1S/C26H20BrFN2O2/c1-3-32-25-15-13-23(18-6-10-21(28)11-7-18)24-14-12-22(29-30(24)25)16-17(2)26(31)19-4-8-20(27)9-5-19/h4-13,15H,2-3,16H2,1H3. The number of rotatable bonds is 7. The van der Waals surface area contributed by atoms with Crippen LogP contribution in [-0.4, -0.2) is 23.1 Å². The lowest BCUT2D eigenvalue weighted by Gasteiger charge is -2.29. The number of Topliss-reactive ketones (excluding diaryl/α,β-unsaturated/α-hetero) is 1. The Morgan fingerprint density at radius 2 is 1.88 bits per heavy atom. The zero-order valence-corrected chi connectivity index (χ0v) is 19.0. The van der Waals surface area contributed by atoms with Crippen molar-refractivity contribution in [1.82, 2.24) is 5.01 Å². The molecule has 2 aromatic carbocycles. The average molecular weight is 491 g/mol. The van der Waals surface area contributed by atoms with Gasteiger partial charge in [0.05, 0.1) is 12.3 Å². The zero-order chi connectivity index (χ0) is 22.7. The Morgan fingerprint density at radius 3 is 2.56 bits per heavy atom. The number of allylic oxidation sites excluding steroid dienone is 4. The van der Waals surface area contributed by atoms with Gasteiger partial charge in [-0.1, -0.05) is 40.4 Å². The number of fused-ring (bicyclic) bond motifs is 1. The van der Waals surface area contributed by atoms with Crippen molar-refractivity contribution in [3.05, 3.63) is 118 Å². The van der Waals surface area contributed by atoms with Crippen molar-refractivity contribution in [2.24, 2.45) is 5.10 Å². The molecule has 0 saturated carbocycles. The van der Waals surface area contributed by atoms with Gasteiger partial charge in [0.25, 0.3) is 0 Å². The summed E-state index contributed by atoms with van der Waals surface area (Å²) >= 11 is 3.37. The number of hydrogen-bond donors (Lipinski definition) is 0. The monoisotopic (exact) mass is 490 g/mol. The Balaban J connectivity index is 1.62. The first kappa shape index (κ1) is 21.8. The van der Waals surface area contributed by atoms with Gasteiger partial charge in [0.1, 0.15) is 11.5 Å². The fourth-order valence-corrected chi connectivity index (χ4v) is 3.65. The molecule has 32 heavy (non-hydrogen) atoms. The van der Waals surface area contributed by atoms with E-state index in [1.807, 2.05) is 31.2 Å². The minimum Gasteiger partial charge on any atom is -0.478 e. The number of hydrogen-bond acceptors (Lipinski definition) is 4. The van der Waals surface area contributed by atoms with Gasteiger partial charge in [-0.3, -0.25) is 4.79 Å². The van der Waals surface area contributed by atoms with E-state index < -0.39 is 0 Å². The van der Waals surface area contributed by atoms with Crippen LogP contribution >= 0.6 is 15.9 Å². The van der Waals surface area contributed by atoms with E-state index >= 15 is 0 Å². The topological polar surface area (TPSA) is 41.9 Å². The van der Waals surface area contributed by atoms with Crippen molar-refractivity contribution in [2.75, 3.05) is 6.61 Å². The first-order valence-corrected chi connectivity index (χ1v) is 10.9. The molecule has 160 valence electrons. The second kappa shape index (κ2) is 9.35. The van der Waals surface area contributed by atoms with Crippen LogP contribution < -0.4 is 0 Å². The van der Waals surface area contributed by atoms with Gasteiger partial charge in [0.15, 0.2) is 5.78 Å². The van der Waals surface area contributed by atoms with Crippen LogP contribution in [0.1, 0.15) is 29.3 Å². The summed E-state index contributed by atoms with van der Waals surface area (Å²) in [5, 5.41) is 6.36. The van der Waals surface area contributed by atoms with Crippen LogP contribution in [0.2, 0.25) is 0 Å². The third-order valence-corrected chi connectivity index (χ3v) is 5.47. The largest absolute Gasteiger partial charge is 0.478 e. The van der Waals surface area contributed by atoms with Crippen LogP contribution in [0.25, 0.3) is 5.57 Å². The molecule has 0 bridgehead atoms. The Morgan fingerprint density at radius 1 is 1.16 bits per heavy atom. The fraction of sp³-hybridized carbons (Fsp3) is 0.115. The summed E-state index contributed by atoms with van der Waals surface area (Å²) in [7, 11) is 0. The van der Waals surface area contributed by atoms with Gasteiger partial charge >= 0.3 is 0 Å². The molecule has 0 atom stereocenters. The van der Waals surface area contributed by atoms with Gasteiger partial charge in [0, 0.05) is 34.2 Å². The van der Waals surface area contributed by atoms with Gasteiger partial charge in [-0.15, -0.1) is 0 Å². The maximum absolute atomic E-state index is 13.4. The molecular weight excluding hydrogens is 471 g/mol.